The van der Waals surface area contributed by atoms with Gasteiger partial charge in [0, 0.05) is 37.4 Å². The van der Waals surface area contributed by atoms with Crippen molar-refractivity contribution in [2.75, 3.05) is 13.7 Å². The molecule has 4 aromatic carbocycles. The third-order valence-corrected chi connectivity index (χ3v) is 9.65. The van der Waals surface area contributed by atoms with Crippen LogP contribution in [-0.4, -0.2) is 49.4 Å². The molecule has 0 spiro atoms. The van der Waals surface area contributed by atoms with Gasteiger partial charge in [0.1, 0.15) is 41.0 Å². The molecule has 2 aliphatic rings. The average molecular weight is 675 g/mol. The minimum absolute atomic E-state index is 0.0537. The number of benzene rings is 4. The maximum atomic E-state index is 13.9. The SMILES string of the molecule is COc1cc(O)c2c(=O)c3cccc(O)c3n(C)c2c1/C=C/[C@@]1(C)COc2c(ccc3c(=O)c4c(O)cc5c(c4n(C)c23)C=CC(C)(C)O5)O1. The normalized spacial score (nSPS) is 17.9. The highest BCUT2D eigenvalue weighted by atomic mass is 16.6. The Labute approximate surface area is 285 Å². The summed E-state index contributed by atoms with van der Waals surface area (Å²) < 4.78 is 28.2. The van der Waals surface area contributed by atoms with E-state index in [0.717, 1.165) is 0 Å². The molecule has 11 heteroatoms. The van der Waals surface area contributed by atoms with Crippen molar-refractivity contribution in [3.8, 4) is 40.2 Å². The van der Waals surface area contributed by atoms with Gasteiger partial charge in [-0.3, -0.25) is 9.59 Å². The fraction of sp³-hybridized carbons (Fsp3) is 0.231. The second kappa shape index (κ2) is 10.4. The lowest BCUT2D eigenvalue weighted by Gasteiger charge is -2.34. The van der Waals surface area contributed by atoms with Crippen molar-refractivity contribution in [1.82, 2.24) is 9.13 Å². The van der Waals surface area contributed by atoms with Gasteiger partial charge in [-0.2, -0.15) is 0 Å². The molecule has 0 unspecified atom stereocenters. The molecule has 11 nitrogen and oxygen atoms in total. The van der Waals surface area contributed by atoms with E-state index in [4.69, 9.17) is 18.9 Å². The molecule has 4 heterocycles. The van der Waals surface area contributed by atoms with E-state index in [1.54, 1.807) is 48.0 Å². The number of nitrogens with zero attached hydrogens (tertiary/aromatic N) is 2. The van der Waals surface area contributed by atoms with Crippen molar-refractivity contribution in [2.45, 2.75) is 32.0 Å². The van der Waals surface area contributed by atoms with Crippen molar-refractivity contribution in [1.29, 1.82) is 0 Å². The zero-order valence-corrected chi connectivity index (χ0v) is 28.2. The highest BCUT2D eigenvalue weighted by Crippen LogP contribution is 2.45. The number of fused-ring (bicyclic) bond motifs is 8. The molecule has 1 atom stereocenters. The van der Waals surface area contributed by atoms with E-state index in [1.807, 2.05) is 44.5 Å². The Morgan fingerprint density at radius 1 is 0.800 bits per heavy atom. The number of phenolic OH excluding ortho intramolecular Hbond substituents is 3. The minimum Gasteiger partial charge on any atom is -0.507 e. The van der Waals surface area contributed by atoms with Gasteiger partial charge in [-0.1, -0.05) is 6.07 Å². The molecule has 0 saturated carbocycles. The van der Waals surface area contributed by atoms with Crippen LogP contribution < -0.4 is 29.8 Å². The standard InChI is InChI=1S/C39H34N2O9/c1-38(2)14-12-20-28(49-38)17-25(44)30-33(20)41(5)34-22(36(30)46)10-11-26-37(34)48-18-39(3,50-26)15-13-19-27(47-6)16-24(43)29-32(19)40(4)31-21(35(29)45)8-7-9-23(31)42/h7-17,42-44H,18H2,1-6H3/b15-13+/t39-/m0/s1. The highest BCUT2D eigenvalue weighted by Gasteiger charge is 2.34. The van der Waals surface area contributed by atoms with Gasteiger partial charge in [-0.05, 0) is 69.3 Å². The molecule has 0 amide bonds. The Balaban J connectivity index is 1.27. The van der Waals surface area contributed by atoms with Gasteiger partial charge < -0.3 is 43.4 Å². The van der Waals surface area contributed by atoms with Crippen LogP contribution in [0.15, 0.2) is 64.2 Å². The fourth-order valence-electron chi connectivity index (χ4n) is 7.30. The first-order valence-corrected chi connectivity index (χ1v) is 16.0. The number of pyridine rings is 2. The van der Waals surface area contributed by atoms with E-state index in [9.17, 15) is 24.9 Å². The summed E-state index contributed by atoms with van der Waals surface area (Å²) in [6.45, 7) is 5.71. The van der Waals surface area contributed by atoms with Crippen LogP contribution in [0.4, 0.5) is 0 Å². The Morgan fingerprint density at radius 3 is 2.22 bits per heavy atom. The number of aromatic nitrogens is 2. The van der Waals surface area contributed by atoms with E-state index in [-0.39, 0.29) is 45.4 Å². The Kier molecular flexibility index (Phi) is 6.52. The lowest BCUT2D eigenvalue weighted by atomic mass is 9.97. The summed E-state index contributed by atoms with van der Waals surface area (Å²) in [5.41, 5.74) is 0.454. The van der Waals surface area contributed by atoms with Crippen molar-refractivity contribution < 1.29 is 34.3 Å². The molecule has 0 bridgehead atoms. The van der Waals surface area contributed by atoms with E-state index in [1.165, 1.54) is 25.3 Å². The first kappa shape index (κ1) is 31.2. The lowest BCUT2D eigenvalue weighted by molar-refractivity contribution is 0.0461. The number of aromatic hydroxyl groups is 3. The fourth-order valence-corrected chi connectivity index (χ4v) is 7.30. The first-order valence-electron chi connectivity index (χ1n) is 16.0. The van der Waals surface area contributed by atoms with E-state index < -0.39 is 16.6 Å². The third kappa shape index (κ3) is 4.35. The van der Waals surface area contributed by atoms with E-state index in [2.05, 4.69) is 0 Å². The monoisotopic (exact) mass is 674 g/mol. The molecular formula is C39H34N2O9. The molecule has 6 aromatic rings. The summed E-state index contributed by atoms with van der Waals surface area (Å²) in [6.07, 6.45) is 7.34. The predicted molar refractivity (Wildman–Crippen MR) is 192 cm³/mol. The summed E-state index contributed by atoms with van der Waals surface area (Å²) in [5, 5.41) is 33.5. The molecule has 254 valence electrons. The van der Waals surface area contributed by atoms with Crippen molar-refractivity contribution >= 4 is 55.8 Å². The van der Waals surface area contributed by atoms with Gasteiger partial charge in [0.2, 0.25) is 10.9 Å². The zero-order valence-electron chi connectivity index (χ0n) is 28.2. The Hall–Kier alpha value is -6.10. The van der Waals surface area contributed by atoms with Gasteiger partial charge in [0.05, 0.1) is 50.7 Å². The molecule has 0 radical (unpaired) electrons. The number of hydrogen-bond acceptors (Lipinski definition) is 9. The van der Waals surface area contributed by atoms with Crippen LogP contribution in [0.5, 0.6) is 40.2 Å². The number of methoxy groups -OCH3 is 1. The Bertz CT molecular complexity index is 2680. The molecular weight excluding hydrogens is 640 g/mol. The summed E-state index contributed by atoms with van der Waals surface area (Å²) >= 11 is 0. The number of aryl methyl sites for hydroxylation is 2. The maximum absolute atomic E-state index is 13.9. The molecule has 8 rings (SSSR count). The van der Waals surface area contributed by atoms with Crippen LogP contribution in [0, 0.1) is 0 Å². The van der Waals surface area contributed by atoms with Gasteiger partial charge in [0.15, 0.2) is 17.1 Å². The number of hydrogen-bond donors (Lipinski definition) is 3. The summed E-state index contributed by atoms with van der Waals surface area (Å²) in [5.74, 6) is 1.06. The molecule has 0 saturated heterocycles. The zero-order chi connectivity index (χ0) is 35.4. The number of rotatable bonds is 3. The van der Waals surface area contributed by atoms with E-state index in [0.29, 0.717) is 61.6 Å². The topological polar surface area (TPSA) is 142 Å². The predicted octanol–water partition coefficient (Wildman–Crippen LogP) is 6.25. The van der Waals surface area contributed by atoms with Crippen LogP contribution in [0.25, 0.3) is 55.8 Å². The molecule has 0 fully saturated rings. The quantitative estimate of drug-likeness (QED) is 0.186. The summed E-state index contributed by atoms with van der Waals surface area (Å²) in [6, 6.07) is 10.9. The maximum Gasteiger partial charge on any atom is 0.201 e. The highest BCUT2D eigenvalue weighted by molar-refractivity contribution is 6.05. The van der Waals surface area contributed by atoms with Gasteiger partial charge in [-0.25, -0.2) is 0 Å². The molecule has 2 aromatic heterocycles. The van der Waals surface area contributed by atoms with Crippen LogP contribution in [-0.2, 0) is 14.1 Å². The van der Waals surface area contributed by atoms with Crippen molar-refractivity contribution in [3.63, 3.8) is 0 Å². The average Bonchev–Trinajstić information content (AvgIpc) is 3.07. The van der Waals surface area contributed by atoms with Crippen LogP contribution in [0.1, 0.15) is 31.9 Å². The molecule has 0 aliphatic carbocycles. The van der Waals surface area contributed by atoms with Crippen molar-refractivity contribution in [2.24, 2.45) is 14.1 Å². The minimum atomic E-state index is -1.02. The second-order valence-corrected chi connectivity index (χ2v) is 13.6. The van der Waals surface area contributed by atoms with Gasteiger partial charge >= 0.3 is 0 Å². The molecule has 2 aliphatic heterocycles. The van der Waals surface area contributed by atoms with Crippen LogP contribution >= 0.6 is 0 Å². The molecule has 3 N–H and O–H groups in total. The van der Waals surface area contributed by atoms with Gasteiger partial charge in [0.25, 0.3) is 0 Å². The second-order valence-electron chi connectivity index (χ2n) is 13.6. The summed E-state index contributed by atoms with van der Waals surface area (Å²) in [4.78, 5) is 27.5. The first-order chi connectivity index (χ1) is 23.7. The van der Waals surface area contributed by atoms with Gasteiger partial charge in [-0.15, -0.1) is 0 Å². The number of para-hydroxylation sites is 1. The smallest absolute Gasteiger partial charge is 0.201 e. The lowest BCUT2D eigenvalue weighted by Crippen LogP contribution is -2.40. The Morgan fingerprint density at radius 2 is 1.48 bits per heavy atom. The number of phenols is 3. The third-order valence-electron chi connectivity index (χ3n) is 9.65. The largest absolute Gasteiger partial charge is 0.507 e. The van der Waals surface area contributed by atoms with Crippen LogP contribution in [0.3, 0.4) is 0 Å². The van der Waals surface area contributed by atoms with Crippen LogP contribution in [0.2, 0.25) is 0 Å². The summed E-state index contributed by atoms with van der Waals surface area (Å²) in [7, 11) is 4.98. The van der Waals surface area contributed by atoms with E-state index >= 15 is 0 Å². The van der Waals surface area contributed by atoms with Crippen molar-refractivity contribution in [3.05, 3.63) is 86.2 Å². The molecule has 50 heavy (non-hydrogen) atoms. The number of ether oxygens (including phenoxy) is 4.